The third-order valence-electron chi connectivity index (χ3n) is 5.10. The fourth-order valence-corrected chi connectivity index (χ4v) is 4.30. The molecule has 7 nitrogen and oxygen atoms in total. The van der Waals surface area contributed by atoms with E-state index in [1.165, 1.54) is 36.8 Å². The third kappa shape index (κ3) is 6.74. The first-order chi connectivity index (χ1) is 15.6. The molecule has 3 N–H and O–H groups in total. The summed E-state index contributed by atoms with van der Waals surface area (Å²) in [6.45, 7) is 5.95. The summed E-state index contributed by atoms with van der Waals surface area (Å²) in [7, 11) is -3.72. The van der Waals surface area contributed by atoms with Crippen LogP contribution in [0.1, 0.15) is 39.5 Å². The number of benzene rings is 3. The summed E-state index contributed by atoms with van der Waals surface area (Å²) in [4.78, 5) is 23.6. The summed E-state index contributed by atoms with van der Waals surface area (Å²) < 4.78 is 27.6. The molecule has 0 fully saturated rings. The number of carbonyl (C=O) groups is 2. The van der Waals surface area contributed by atoms with E-state index in [0.717, 1.165) is 16.7 Å². The number of hydrogen-bond donors (Lipinski definition) is 3. The van der Waals surface area contributed by atoms with Crippen molar-refractivity contribution in [1.29, 1.82) is 0 Å². The molecule has 3 aromatic carbocycles. The van der Waals surface area contributed by atoms with Crippen LogP contribution < -0.4 is 15.4 Å². The van der Waals surface area contributed by atoms with Crippen LogP contribution in [0.15, 0.2) is 71.6 Å². The average molecular weight is 466 g/mol. The quantitative estimate of drug-likeness (QED) is 0.472. The average Bonchev–Trinajstić information content (AvgIpc) is 2.77. The van der Waals surface area contributed by atoms with Crippen molar-refractivity contribution in [3.05, 3.63) is 94.5 Å². The molecule has 8 heteroatoms. The van der Waals surface area contributed by atoms with E-state index in [9.17, 15) is 18.0 Å². The molecule has 0 saturated heterocycles. The molecule has 0 aliphatic carbocycles. The lowest BCUT2D eigenvalue weighted by molar-refractivity contribution is -0.114. The molecule has 3 aromatic rings. The summed E-state index contributed by atoms with van der Waals surface area (Å²) in [5.41, 5.74) is 5.11. The number of anilines is 1. The summed E-state index contributed by atoms with van der Waals surface area (Å²) in [5, 5.41) is 5.50. The third-order valence-corrected chi connectivity index (χ3v) is 6.52. The van der Waals surface area contributed by atoms with E-state index in [1.54, 1.807) is 24.3 Å². The topological polar surface area (TPSA) is 104 Å². The lowest BCUT2D eigenvalue weighted by Crippen LogP contribution is -2.24. The van der Waals surface area contributed by atoms with Gasteiger partial charge in [0.15, 0.2) is 0 Å². The largest absolute Gasteiger partial charge is 0.348 e. The van der Waals surface area contributed by atoms with Crippen molar-refractivity contribution in [2.75, 3.05) is 5.32 Å². The summed E-state index contributed by atoms with van der Waals surface area (Å²) in [5.74, 6) is -0.424. The zero-order chi connectivity index (χ0) is 24.0. The van der Waals surface area contributed by atoms with Gasteiger partial charge in [-0.1, -0.05) is 35.9 Å². The Morgan fingerprint density at radius 2 is 1.52 bits per heavy atom. The number of nitrogens with one attached hydrogen (secondary N) is 3. The molecular formula is C25H27N3O4S. The number of sulfonamides is 1. The molecule has 0 atom stereocenters. The van der Waals surface area contributed by atoms with Crippen LogP contribution in [-0.2, 0) is 27.9 Å². The molecule has 0 spiro atoms. The van der Waals surface area contributed by atoms with Crippen LogP contribution in [-0.4, -0.2) is 20.2 Å². The second-order valence-corrected chi connectivity index (χ2v) is 9.61. The van der Waals surface area contributed by atoms with Crippen LogP contribution in [0.25, 0.3) is 0 Å². The molecule has 3 rings (SSSR count). The first kappa shape index (κ1) is 24.2. The molecule has 0 saturated carbocycles. The maximum Gasteiger partial charge on any atom is 0.251 e. The Bertz CT molecular complexity index is 1250. The lowest BCUT2D eigenvalue weighted by atomic mass is 10.1. The highest BCUT2D eigenvalue weighted by Crippen LogP contribution is 2.15. The van der Waals surface area contributed by atoms with Gasteiger partial charge in [0.05, 0.1) is 4.90 Å². The number of carbonyl (C=O) groups excluding carboxylic acids is 2. The maximum atomic E-state index is 12.5. The van der Waals surface area contributed by atoms with Crippen molar-refractivity contribution >= 4 is 27.5 Å². The number of aryl methyl sites for hydroxylation is 2. The summed E-state index contributed by atoms with van der Waals surface area (Å²) in [6, 6.07) is 18.8. The van der Waals surface area contributed by atoms with Crippen LogP contribution in [0.3, 0.4) is 0 Å². The Labute approximate surface area is 194 Å². The molecule has 0 radical (unpaired) electrons. The number of hydrogen-bond acceptors (Lipinski definition) is 4. The molecule has 0 bridgehead atoms. The Morgan fingerprint density at radius 3 is 2.12 bits per heavy atom. The molecular weight excluding hydrogens is 438 g/mol. The molecule has 0 aliphatic heterocycles. The van der Waals surface area contributed by atoms with Crippen molar-refractivity contribution in [3.8, 4) is 0 Å². The van der Waals surface area contributed by atoms with Gasteiger partial charge in [-0.2, -0.15) is 0 Å². The highest BCUT2D eigenvalue weighted by atomic mass is 32.2. The predicted molar refractivity (Wildman–Crippen MR) is 128 cm³/mol. The number of rotatable bonds is 8. The van der Waals surface area contributed by atoms with Crippen LogP contribution >= 0.6 is 0 Å². The highest BCUT2D eigenvalue weighted by Gasteiger charge is 2.14. The summed E-state index contributed by atoms with van der Waals surface area (Å²) >= 11 is 0. The smallest absolute Gasteiger partial charge is 0.251 e. The van der Waals surface area contributed by atoms with E-state index in [4.69, 9.17) is 0 Å². The zero-order valence-corrected chi connectivity index (χ0v) is 19.6. The van der Waals surface area contributed by atoms with E-state index in [0.29, 0.717) is 17.8 Å². The van der Waals surface area contributed by atoms with Gasteiger partial charge in [-0.25, -0.2) is 13.1 Å². The normalized spacial score (nSPS) is 11.1. The van der Waals surface area contributed by atoms with Crippen LogP contribution in [0.5, 0.6) is 0 Å². The fourth-order valence-electron chi connectivity index (χ4n) is 3.28. The molecule has 0 aromatic heterocycles. The van der Waals surface area contributed by atoms with Crippen molar-refractivity contribution in [1.82, 2.24) is 10.0 Å². The minimum atomic E-state index is -3.72. The van der Waals surface area contributed by atoms with Crippen molar-refractivity contribution < 1.29 is 18.0 Å². The predicted octanol–water partition coefficient (Wildman–Crippen LogP) is 3.67. The Balaban J connectivity index is 1.56. The second kappa shape index (κ2) is 10.4. The second-order valence-electron chi connectivity index (χ2n) is 7.84. The van der Waals surface area contributed by atoms with Gasteiger partial charge < -0.3 is 10.6 Å². The van der Waals surface area contributed by atoms with Gasteiger partial charge in [-0.05, 0) is 66.9 Å². The van der Waals surface area contributed by atoms with Crippen LogP contribution in [0.4, 0.5) is 5.69 Å². The van der Waals surface area contributed by atoms with Crippen molar-refractivity contribution in [3.63, 3.8) is 0 Å². The highest BCUT2D eigenvalue weighted by molar-refractivity contribution is 7.89. The zero-order valence-electron chi connectivity index (χ0n) is 18.8. The van der Waals surface area contributed by atoms with Crippen molar-refractivity contribution in [2.45, 2.75) is 38.8 Å². The van der Waals surface area contributed by atoms with Gasteiger partial charge in [0.1, 0.15) is 0 Å². The van der Waals surface area contributed by atoms with Gasteiger partial charge in [-0.3, -0.25) is 9.59 Å². The van der Waals surface area contributed by atoms with E-state index in [2.05, 4.69) is 21.4 Å². The van der Waals surface area contributed by atoms with Crippen LogP contribution in [0, 0.1) is 13.8 Å². The molecule has 0 heterocycles. The SMILES string of the molecule is CC(=O)Nc1ccc(S(=O)(=O)NCc2ccc(C(=O)NCc3ccc(C)cc3C)cc2)cc1. The molecule has 0 unspecified atom stereocenters. The molecule has 33 heavy (non-hydrogen) atoms. The first-order valence-corrected chi connectivity index (χ1v) is 11.9. The summed E-state index contributed by atoms with van der Waals surface area (Å²) in [6.07, 6.45) is 0. The minimum absolute atomic E-state index is 0.0836. The molecule has 172 valence electrons. The van der Waals surface area contributed by atoms with Gasteiger partial charge >= 0.3 is 0 Å². The van der Waals surface area contributed by atoms with Gasteiger partial charge in [-0.15, -0.1) is 0 Å². The fraction of sp³-hybridized carbons (Fsp3) is 0.200. The first-order valence-electron chi connectivity index (χ1n) is 10.4. The Hall–Kier alpha value is -3.49. The molecule has 2 amide bonds. The van der Waals surface area contributed by atoms with Gasteiger partial charge in [0.2, 0.25) is 15.9 Å². The van der Waals surface area contributed by atoms with Gasteiger partial charge in [0.25, 0.3) is 5.91 Å². The van der Waals surface area contributed by atoms with Crippen molar-refractivity contribution in [2.24, 2.45) is 0 Å². The monoisotopic (exact) mass is 465 g/mol. The van der Waals surface area contributed by atoms with E-state index < -0.39 is 10.0 Å². The standard InChI is InChI=1S/C25H27N3O4S/c1-17-4-7-22(18(2)14-17)16-26-25(30)21-8-5-20(6-9-21)15-27-33(31,32)24-12-10-23(11-13-24)28-19(3)29/h4-14,27H,15-16H2,1-3H3,(H,26,30)(H,28,29). The Kier molecular flexibility index (Phi) is 7.63. The van der Waals surface area contributed by atoms with Gasteiger partial charge in [0, 0.05) is 31.3 Å². The Morgan fingerprint density at radius 1 is 0.848 bits per heavy atom. The maximum absolute atomic E-state index is 12.5. The number of amides is 2. The van der Waals surface area contributed by atoms with E-state index >= 15 is 0 Å². The lowest BCUT2D eigenvalue weighted by Gasteiger charge is -2.10. The van der Waals surface area contributed by atoms with Crippen LogP contribution in [0.2, 0.25) is 0 Å². The van der Waals surface area contributed by atoms with E-state index in [1.807, 2.05) is 26.0 Å². The van der Waals surface area contributed by atoms with E-state index in [-0.39, 0.29) is 23.3 Å². The molecule has 0 aliphatic rings. The minimum Gasteiger partial charge on any atom is -0.348 e.